The molecule has 6 N–H and O–H groups in total. The molecule has 0 heterocycles. The zero-order valence-electron chi connectivity index (χ0n) is 18.0. The van der Waals surface area contributed by atoms with Crippen molar-refractivity contribution in [3.8, 4) is 0 Å². The normalized spacial score (nSPS) is 14.2. The van der Waals surface area contributed by atoms with Crippen LogP contribution in [0.3, 0.4) is 0 Å². The molecule has 2 atom stereocenters. The lowest BCUT2D eigenvalue weighted by atomic mass is 10.0. The van der Waals surface area contributed by atoms with E-state index in [1.165, 1.54) is 6.07 Å². The van der Waals surface area contributed by atoms with Gasteiger partial charge >= 0.3 is 0 Å². The summed E-state index contributed by atoms with van der Waals surface area (Å²) in [5.41, 5.74) is 12.8. The minimum atomic E-state index is -1.15. The Bertz CT molecular complexity index is 972. The van der Waals surface area contributed by atoms with Crippen molar-refractivity contribution in [3.63, 3.8) is 0 Å². The van der Waals surface area contributed by atoms with Crippen molar-refractivity contribution >= 4 is 11.9 Å². The Morgan fingerprint density at radius 3 is 2.29 bits per heavy atom. The third-order valence-corrected chi connectivity index (χ3v) is 4.33. The van der Waals surface area contributed by atoms with E-state index in [2.05, 4.69) is 15.6 Å². The van der Waals surface area contributed by atoms with Gasteiger partial charge in [0, 0.05) is 17.1 Å². The average molecular weight is 435 g/mol. The quantitative estimate of drug-likeness (QED) is 0.328. The van der Waals surface area contributed by atoms with E-state index in [4.69, 9.17) is 11.5 Å². The average Bonchev–Trinajstić information content (AvgIpc) is 2.64. The molecule has 2 aromatic rings. The van der Waals surface area contributed by atoms with Crippen LogP contribution in [0.25, 0.3) is 0 Å². The Labute approximate surface area is 179 Å². The fourth-order valence-corrected chi connectivity index (χ4v) is 2.73. The number of rotatable bonds is 5. The maximum absolute atomic E-state index is 13.8. The molecule has 0 fully saturated rings. The summed E-state index contributed by atoms with van der Waals surface area (Å²) in [7, 11) is 0. The first-order valence-electron chi connectivity index (χ1n) is 9.75. The predicted octanol–water partition coefficient (Wildman–Crippen LogP) is 3.26. The van der Waals surface area contributed by atoms with Crippen molar-refractivity contribution < 1.29 is 18.0 Å². The van der Waals surface area contributed by atoms with Crippen LogP contribution in [0.2, 0.25) is 0 Å². The summed E-state index contributed by atoms with van der Waals surface area (Å²) in [6.07, 6.45) is -0.516. The Morgan fingerprint density at radius 2 is 1.71 bits per heavy atom. The molecule has 0 saturated carbocycles. The van der Waals surface area contributed by atoms with Crippen LogP contribution in [0, 0.1) is 24.4 Å². The standard InChI is InChI=1S/C22H28F3N5O/c1-12-5-6-13(9-16(12)24)18(26)11-19(27)28-21(30-22(2,3)4)29-20(31)14-7-8-15(23)17(25)10-14/h5-10,18-19H,11,26-27H2,1-4H3,(H2,28,29,30,31). The van der Waals surface area contributed by atoms with Gasteiger partial charge in [-0.05, 0) is 69.5 Å². The third-order valence-electron chi connectivity index (χ3n) is 4.33. The van der Waals surface area contributed by atoms with Crippen molar-refractivity contribution in [1.29, 1.82) is 0 Å². The lowest BCUT2D eigenvalue weighted by Crippen LogP contribution is -2.54. The molecule has 0 bridgehead atoms. The lowest BCUT2D eigenvalue weighted by molar-refractivity contribution is 0.100. The number of aliphatic imine (C=N–C) groups is 1. The number of amides is 1. The maximum atomic E-state index is 13.8. The van der Waals surface area contributed by atoms with Crippen molar-refractivity contribution in [2.45, 2.75) is 51.9 Å². The molecule has 0 aliphatic carbocycles. The summed E-state index contributed by atoms with van der Waals surface area (Å²) in [5, 5.41) is 5.89. The van der Waals surface area contributed by atoms with Gasteiger partial charge in [-0.15, -0.1) is 0 Å². The second-order valence-electron chi connectivity index (χ2n) is 8.37. The van der Waals surface area contributed by atoms with Crippen LogP contribution in [0.15, 0.2) is 41.4 Å². The molecule has 0 aliphatic heterocycles. The van der Waals surface area contributed by atoms with Gasteiger partial charge in [-0.25, -0.2) is 13.2 Å². The van der Waals surface area contributed by atoms with Crippen LogP contribution < -0.4 is 22.1 Å². The van der Waals surface area contributed by atoms with E-state index in [-0.39, 0.29) is 23.8 Å². The fraction of sp³-hybridized carbons (Fsp3) is 0.364. The number of halogens is 3. The van der Waals surface area contributed by atoms with Crippen LogP contribution >= 0.6 is 0 Å². The molecule has 0 aromatic heterocycles. The fourth-order valence-electron chi connectivity index (χ4n) is 2.73. The van der Waals surface area contributed by atoms with E-state index in [9.17, 15) is 18.0 Å². The molecule has 31 heavy (non-hydrogen) atoms. The second kappa shape index (κ2) is 9.93. The summed E-state index contributed by atoms with van der Waals surface area (Å²) < 4.78 is 40.4. The Balaban J connectivity index is 2.16. The zero-order chi connectivity index (χ0) is 23.3. The van der Waals surface area contributed by atoms with E-state index in [1.54, 1.807) is 19.1 Å². The van der Waals surface area contributed by atoms with E-state index in [0.717, 1.165) is 18.2 Å². The highest BCUT2D eigenvalue weighted by atomic mass is 19.2. The molecule has 9 heteroatoms. The van der Waals surface area contributed by atoms with Gasteiger partial charge in [0.2, 0.25) is 5.96 Å². The van der Waals surface area contributed by atoms with E-state index in [1.807, 2.05) is 20.8 Å². The van der Waals surface area contributed by atoms with Gasteiger partial charge in [0.1, 0.15) is 5.82 Å². The zero-order valence-corrected chi connectivity index (χ0v) is 18.0. The van der Waals surface area contributed by atoms with Crippen molar-refractivity contribution in [2.24, 2.45) is 16.5 Å². The number of hydrogen-bond donors (Lipinski definition) is 4. The highest BCUT2D eigenvalue weighted by Crippen LogP contribution is 2.18. The van der Waals surface area contributed by atoms with Gasteiger partial charge in [0.05, 0.1) is 6.17 Å². The van der Waals surface area contributed by atoms with Crippen LogP contribution in [0.5, 0.6) is 0 Å². The van der Waals surface area contributed by atoms with Crippen LogP contribution in [0.4, 0.5) is 13.2 Å². The highest BCUT2D eigenvalue weighted by Gasteiger charge is 2.19. The molecule has 0 aliphatic rings. The van der Waals surface area contributed by atoms with Crippen LogP contribution in [-0.2, 0) is 0 Å². The van der Waals surface area contributed by atoms with Crippen molar-refractivity contribution in [2.75, 3.05) is 0 Å². The number of aryl methyl sites for hydroxylation is 1. The number of hydrogen-bond acceptors (Lipinski definition) is 3. The third kappa shape index (κ3) is 7.37. The number of nitrogens with two attached hydrogens (primary N) is 2. The summed E-state index contributed by atoms with van der Waals surface area (Å²) in [4.78, 5) is 16.4. The molecule has 0 spiro atoms. The molecule has 2 aromatic carbocycles. The number of carbonyl (C=O) groups excluding carboxylic acids is 1. The number of benzene rings is 2. The molecular formula is C22H28F3N5O. The second-order valence-corrected chi connectivity index (χ2v) is 8.37. The number of guanidine groups is 1. The number of nitrogens with one attached hydrogen (secondary N) is 2. The molecule has 2 unspecified atom stereocenters. The van der Waals surface area contributed by atoms with Gasteiger partial charge in [-0.2, -0.15) is 4.99 Å². The largest absolute Gasteiger partial charge is 0.351 e. The highest BCUT2D eigenvalue weighted by molar-refractivity contribution is 6.02. The van der Waals surface area contributed by atoms with E-state index >= 15 is 0 Å². The Hall–Kier alpha value is -2.91. The van der Waals surface area contributed by atoms with Gasteiger partial charge in [0.25, 0.3) is 5.91 Å². The predicted molar refractivity (Wildman–Crippen MR) is 115 cm³/mol. The minimum Gasteiger partial charge on any atom is -0.351 e. The number of nitrogens with zero attached hydrogens (tertiary/aromatic N) is 1. The molecule has 168 valence electrons. The van der Waals surface area contributed by atoms with Crippen molar-refractivity contribution in [1.82, 2.24) is 10.6 Å². The van der Waals surface area contributed by atoms with E-state index in [0.29, 0.717) is 11.1 Å². The first-order chi connectivity index (χ1) is 14.4. The Morgan fingerprint density at radius 1 is 1.03 bits per heavy atom. The first-order valence-corrected chi connectivity index (χ1v) is 9.75. The monoisotopic (exact) mass is 435 g/mol. The van der Waals surface area contributed by atoms with E-state index < -0.39 is 35.3 Å². The van der Waals surface area contributed by atoms with Gasteiger partial charge in [-0.3, -0.25) is 4.79 Å². The summed E-state index contributed by atoms with van der Waals surface area (Å²) in [6.45, 7) is 7.19. The Kier molecular flexibility index (Phi) is 7.80. The van der Waals surface area contributed by atoms with Gasteiger partial charge in [0.15, 0.2) is 11.6 Å². The van der Waals surface area contributed by atoms with Gasteiger partial charge in [-0.1, -0.05) is 12.1 Å². The molecule has 2 rings (SSSR count). The molecule has 0 radical (unpaired) electrons. The molecular weight excluding hydrogens is 407 g/mol. The number of carbonyl (C=O) groups is 1. The summed E-state index contributed by atoms with van der Waals surface area (Å²) in [5.74, 6) is -3.29. The molecule has 6 nitrogen and oxygen atoms in total. The SMILES string of the molecule is Cc1ccc(C(N)CC(N)N/C(=N\C(=O)c2ccc(F)c(F)c2)NC(C)(C)C)cc1F. The van der Waals surface area contributed by atoms with Crippen molar-refractivity contribution in [3.05, 3.63) is 70.5 Å². The summed E-state index contributed by atoms with van der Waals surface area (Å²) >= 11 is 0. The lowest BCUT2D eigenvalue weighted by Gasteiger charge is -2.27. The maximum Gasteiger partial charge on any atom is 0.280 e. The first kappa shape index (κ1) is 24.4. The topological polar surface area (TPSA) is 106 Å². The molecule has 0 saturated heterocycles. The minimum absolute atomic E-state index is 0.0528. The smallest absolute Gasteiger partial charge is 0.280 e. The molecule has 1 amide bonds. The van der Waals surface area contributed by atoms with Gasteiger partial charge < -0.3 is 22.1 Å². The van der Waals surface area contributed by atoms with Crippen LogP contribution in [-0.4, -0.2) is 23.6 Å². The van der Waals surface area contributed by atoms with Crippen LogP contribution in [0.1, 0.15) is 54.7 Å². The summed E-state index contributed by atoms with van der Waals surface area (Å²) in [6, 6.07) is 6.94.